The van der Waals surface area contributed by atoms with Gasteiger partial charge in [0.25, 0.3) is 5.69 Å². The lowest BCUT2D eigenvalue weighted by atomic mass is 10.1. The van der Waals surface area contributed by atoms with E-state index in [1.807, 2.05) is 46.9 Å². The van der Waals surface area contributed by atoms with Crippen molar-refractivity contribution in [3.05, 3.63) is 66.2 Å². The predicted molar refractivity (Wildman–Crippen MR) is 92.0 cm³/mol. The molecule has 0 aliphatic rings. The van der Waals surface area contributed by atoms with E-state index in [0.717, 1.165) is 15.7 Å². The first-order chi connectivity index (χ1) is 9.47. The minimum Gasteiger partial charge on any atom is -0.378 e. The van der Waals surface area contributed by atoms with Crippen LogP contribution in [-0.2, 0) is 0 Å². The Balaban J connectivity index is 2.18. The minimum atomic E-state index is -0.372. The number of anilines is 1. The first-order valence-electron chi connectivity index (χ1n) is 5.93. The van der Waals surface area contributed by atoms with Gasteiger partial charge in [-0.3, -0.25) is 10.1 Å². The average Bonchev–Trinajstić information content (AvgIpc) is 2.38. The smallest absolute Gasteiger partial charge is 0.282 e. The van der Waals surface area contributed by atoms with Gasteiger partial charge in [0.05, 0.1) is 8.49 Å². The molecule has 0 aromatic heterocycles. The molecule has 6 heteroatoms. The summed E-state index contributed by atoms with van der Waals surface area (Å²) in [5.41, 5.74) is 2.14. The van der Waals surface area contributed by atoms with Crippen LogP contribution in [0.3, 0.4) is 0 Å². The van der Waals surface area contributed by atoms with Crippen molar-refractivity contribution < 1.29 is 4.92 Å². The second kappa shape index (κ2) is 6.53. The largest absolute Gasteiger partial charge is 0.378 e. The van der Waals surface area contributed by atoms with E-state index in [1.54, 1.807) is 12.1 Å². The Bertz CT molecular complexity index is 649. The summed E-state index contributed by atoms with van der Waals surface area (Å²) in [7, 11) is 0. The van der Waals surface area contributed by atoms with Crippen molar-refractivity contribution in [3.8, 4) is 0 Å². The fourth-order valence-electron chi connectivity index (χ4n) is 1.85. The van der Waals surface area contributed by atoms with Gasteiger partial charge in [-0.2, -0.15) is 0 Å². The topological polar surface area (TPSA) is 55.2 Å². The lowest BCUT2D eigenvalue weighted by Crippen LogP contribution is -2.07. The van der Waals surface area contributed by atoms with Crippen molar-refractivity contribution >= 4 is 49.9 Å². The van der Waals surface area contributed by atoms with Crippen molar-refractivity contribution in [2.45, 2.75) is 13.0 Å². The van der Waals surface area contributed by atoms with E-state index < -0.39 is 0 Å². The molecule has 0 bridgehead atoms. The van der Waals surface area contributed by atoms with Crippen LogP contribution in [0.5, 0.6) is 0 Å². The van der Waals surface area contributed by atoms with Gasteiger partial charge in [0, 0.05) is 22.3 Å². The summed E-state index contributed by atoms with van der Waals surface area (Å²) >= 11 is 5.43. The number of nitro groups is 1. The molecule has 0 aliphatic carbocycles. The standard InChI is InChI=1S/C14H12BrIN2O2/c1-9(10-3-2-4-11(15)7-10)17-12-5-6-14(18(19)20)13(16)8-12/h2-9,17H,1H3. The molecule has 0 radical (unpaired) electrons. The number of nitrogens with zero attached hydrogens (tertiary/aromatic N) is 1. The van der Waals surface area contributed by atoms with Gasteiger partial charge >= 0.3 is 0 Å². The number of hydrogen-bond acceptors (Lipinski definition) is 3. The van der Waals surface area contributed by atoms with Crippen LogP contribution in [0.25, 0.3) is 0 Å². The molecule has 0 aliphatic heterocycles. The highest BCUT2D eigenvalue weighted by Crippen LogP contribution is 2.27. The van der Waals surface area contributed by atoms with E-state index in [4.69, 9.17) is 0 Å². The summed E-state index contributed by atoms with van der Waals surface area (Å²) < 4.78 is 1.65. The minimum absolute atomic E-state index is 0.116. The molecule has 0 heterocycles. The zero-order chi connectivity index (χ0) is 14.7. The molecular weight excluding hydrogens is 435 g/mol. The van der Waals surface area contributed by atoms with Gasteiger partial charge in [0.15, 0.2) is 0 Å². The van der Waals surface area contributed by atoms with Gasteiger partial charge in [0.1, 0.15) is 0 Å². The second-order valence-corrected chi connectivity index (χ2v) is 6.42. The van der Waals surface area contributed by atoms with Crippen LogP contribution in [0, 0.1) is 13.7 Å². The number of benzene rings is 2. The molecule has 1 atom stereocenters. The molecule has 1 unspecified atom stereocenters. The molecule has 0 saturated heterocycles. The molecule has 2 aromatic carbocycles. The summed E-state index contributed by atoms with van der Waals surface area (Å²) in [6.45, 7) is 2.05. The maximum atomic E-state index is 10.8. The quantitative estimate of drug-likeness (QED) is 0.402. The predicted octanol–water partition coefficient (Wildman–Crippen LogP) is 5.14. The first kappa shape index (κ1) is 15.2. The average molecular weight is 447 g/mol. The van der Waals surface area contributed by atoms with Crippen LogP contribution in [-0.4, -0.2) is 4.92 Å². The van der Waals surface area contributed by atoms with Gasteiger partial charge in [-0.15, -0.1) is 0 Å². The molecule has 104 valence electrons. The fourth-order valence-corrected chi connectivity index (χ4v) is 2.98. The molecule has 0 spiro atoms. The van der Waals surface area contributed by atoms with Crippen molar-refractivity contribution in [2.75, 3.05) is 5.32 Å². The van der Waals surface area contributed by atoms with E-state index in [-0.39, 0.29) is 16.7 Å². The number of hydrogen-bond donors (Lipinski definition) is 1. The summed E-state index contributed by atoms with van der Waals surface area (Å²) in [4.78, 5) is 10.4. The Morgan fingerprint density at radius 1 is 1.30 bits per heavy atom. The molecule has 0 amide bonds. The summed E-state index contributed by atoms with van der Waals surface area (Å²) in [6.07, 6.45) is 0. The van der Waals surface area contributed by atoms with Crippen LogP contribution in [0.2, 0.25) is 0 Å². The van der Waals surface area contributed by atoms with Gasteiger partial charge in [-0.05, 0) is 59.3 Å². The second-order valence-electron chi connectivity index (χ2n) is 4.34. The maximum Gasteiger partial charge on any atom is 0.282 e. The third kappa shape index (κ3) is 3.69. The van der Waals surface area contributed by atoms with Crippen LogP contribution >= 0.6 is 38.5 Å². The van der Waals surface area contributed by atoms with Crippen molar-refractivity contribution in [1.29, 1.82) is 0 Å². The molecule has 4 nitrogen and oxygen atoms in total. The Hall–Kier alpha value is -1.15. The van der Waals surface area contributed by atoms with E-state index in [9.17, 15) is 10.1 Å². The van der Waals surface area contributed by atoms with Crippen molar-refractivity contribution in [2.24, 2.45) is 0 Å². The van der Waals surface area contributed by atoms with Gasteiger partial charge in [-0.1, -0.05) is 28.1 Å². The summed E-state index contributed by atoms with van der Waals surface area (Å²) in [5.74, 6) is 0. The molecule has 2 aromatic rings. The van der Waals surface area contributed by atoms with Crippen LogP contribution in [0.1, 0.15) is 18.5 Å². The SMILES string of the molecule is CC(Nc1ccc([N+](=O)[O-])c(I)c1)c1cccc(Br)c1. The van der Waals surface area contributed by atoms with Crippen molar-refractivity contribution in [1.82, 2.24) is 0 Å². The van der Waals surface area contributed by atoms with Gasteiger partial charge < -0.3 is 5.32 Å². The number of halogens is 2. The highest BCUT2D eigenvalue weighted by atomic mass is 127. The van der Waals surface area contributed by atoms with E-state index in [1.165, 1.54) is 6.07 Å². The summed E-state index contributed by atoms with van der Waals surface area (Å²) in [5, 5.41) is 14.1. The summed E-state index contributed by atoms with van der Waals surface area (Å²) in [6, 6.07) is 13.2. The molecule has 1 N–H and O–H groups in total. The lowest BCUT2D eigenvalue weighted by molar-refractivity contribution is -0.385. The third-order valence-corrected chi connectivity index (χ3v) is 4.23. The number of nitrogens with one attached hydrogen (secondary N) is 1. The van der Waals surface area contributed by atoms with Crippen LogP contribution in [0.15, 0.2) is 46.9 Å². The van der Waals surface area contributed by atoms with Gasteiger partial charge in [-0.25, -0.2) is 0 Å². The first-order valence-corrected chi connectivity index (χ1v) is 7.80. The monoisotopic (exact) mass is 446 g/mol. The van der Waals surface area contributed by atoms with E-state index in [2.05, 4.69) is 28.2 Å². The van der Waals surface area contributed by atoms with Gasteiger partial charge in [0.2, 0.25) is 0 Å². The Morgan fingerprint density at radius 2 is 2.05 bits per heavy atom. The van der Waals surface area contributed by atoms with Crippen LogP contribution < -0.4 is 5.32 Å². The van der Waals surface area contributed by atoms with Crippen LogP contribution in [0.4, 0.5) is 11.4 Å². The van der Waals surface area contributed by atoms with E-state index in [0.29, 0.717) is 3.57 Å². The normalized spacial score (nSPS) is 11.9. The highest BCUT2D eigenvalue weighted by Gasteiger charge is 2.13. The molecule has 0 fully saturated rings. The Kier molecular flexibility index (Phi) is 4.98. The van der Waals surface area contributed by atoms with E-state index >= 15 is 0 Å². The molecule has 2 rings (SSSR count). The third-order valence-electron chi connectivity index (χ3n) is 2.88. The van der Waals surface area contributed by atoms with Crippen molar-refractivity contribution in [3.63, 3.8) is 0 Å². The highest BCUT2D eigenvalue weighted by molar-refractivity contribution is 14.1. The molecule has 20 heavy (non-hydrogen) atoms. The number of rotatable bonds is 4. The number of nitro benzene ring substituents is 1. The molecule has 0 saturated carbocycles. The Morgan fingerprint density at radius 3 is 2.65 bits per heavy atom. The lowest BCUT2D eigenvalue weighted by Gasteiger charge is -2.16. The zero-order valence-corrected chi connectivity index (χ0v) is 14.4. The maximum absolute atomic E-state index is 10.8. The fraction of sp³-hybridized carbons (Fsp3) is 0.143. The zero-order valence-electron chi connectivity index (χ0n) is 10.6. The Labute approximate surface area is 139 Å². The molecular formula is C14H12BrIN2O2.